The summed E-state index contributed by atoms with van der Waals surface area (Å²) < 4.78 is 14.3. The third-order valence-electron chi connectivity index (χ3n) is 6.85. The Morgan fingerprint density at radius 3 is 2.18 bits per heavy atom. The van der Waals surface area contributed by atoms with E-state index in [9.17, 15) is 0 Å². The molecule has 3 heterocycles. The van der Waals surface area contributed by atoms with Gasteiger partial charge in [-0.1, -0.05) is 60.7 Å². The first-order valence-electron chi connectivity index (χ1n) is 13.0. The van der Waals surface area contributed by atoms with Crippen LogP contribution in [-0.4, -0.2) is 40.9 Å². The second-order valence-corrected chi connectivity index (χ2v) is 9.46. The Kier molecular flexibility index (Phi) is 6.91. The first kappa shape index (κ1) is 24.0. The zero-order valence-electron chi connectivity index (χ0n) is 21.5. The van der Waals surface area contributed by atoms with Crippen molar-refractivity contribution in [1.29, 1.82) is 0 Å². The summed E-state index contributed by atoms with van der Waals surface area (Å²) in [6.07, 6.45) is 0. The van der Waals surface area contributed by atoms with Crippen molar-refractivity contribution in [1.82, 2.24) is 20.1 Å². The van der Waals surface area contributed by atoms with Crippen LogP contribution in [0.4, 0.5) is 5.69 Å². The molecule has 0 saturated carbocycles. The van der Waals surface area contributed by atoms with Crippen molar-refractivity contribution in [3.05, 3.63) is 102 Å². The van der Waals surface area contributed by atoms with Gasteiger partial charge in [-0.2, -0.15) is 10.1 Å². The van der Waals surface area contributed by atoms with Crippen LogP contribution in [0, 0.1) is 0 Å². The maximum absolute atomic E-state index is 6.29. The van der Waals surface area contributed by atoms with Crippen LogP contribution in [0.1, 0.15) is 11.1 Å². The summed E-state index contributed by atoms with van der Waals surface area (Å²) in [5.74, 6) is 1.02. The fourth-order valence-corrected chi connectivity index (χ4v) is 4.82. The molecule has 0 unspecified atom stereocenters. The SMILES string of the molecule is Cn1nc(-c2ccc(OCc3ccccc3)nc2OCc2ccccc2)c2ccc(N3CCNCC3)cc21. The zero-order valence-corrected chi connectivity index (χ0v) is 21.5. The lowest BCUT2D eigenvalue weighted by atomic mass is 10.1. The highest BCUT2D eigenvalue weighted by Gasteiger charge is 2.19. The highest BCUT2D eigenvalue weighted by molar-refractivity contribution is 5.96. The lowest BCUT2D eigenvalue weighted by Gasteiger charge is -2.29. The minimum atomic E-state index is 0.404. The average molecular weight is 506 g/mol. The van der Waals surface area contributed by atoms with Crippen molar-refractivity contribution in [3.8, 4) is 23.0 Å². The fraction of sp³-hybridized carbons (Fsp3) is 0.226. The number of rotatable bonds is 8. The molecule has 5 aromatic rings. The van der Waals surface area contributed by atoms with Crippen LogP contribution in [0.3, 0.4) is 0 Å². The van der Waals surface area contributed by atoms with Crippen molar-refractivity contribution in [3.63, 3.8) is 0 Å². The van der Waals surface area contributed by atoms with Gasteiger partial charge in [-0.15, -0.1) is 0 Å². The number of nitrogens with zero attached hydrogens (tertiary/aromatic N) is 4. The number of benzene rings is 3. The Morgan fingerprint density at radius 1 is 0.789 bits per heavy atom. The van der Waals surface area contributed by atoms with Gasteiger partial charge in [-0.25, -0.2) is 0 Å². The van der Waals surface area contributed by atoms with Gasteiger partial charge in [-0.3, -0.25) is 4.68 Å². The number of pyridine rings is 1. The van der Waals surface area contributed by atoms with Crippen LogP contribution in [0.15, 0.2) is 91.0 Å². The summed E-state index contributed by atoms with van der Waals surface area (Å²) in [7, 11) is 1.99. The number of aryl methyl sites for hydroxylation is 1. The third kappa shape index (κ3) is 5.19. The monoisotopic (exact) mass is 505 g/mol. The average Bonchev–Trinajstić information content (AvgIpc) is 3.32. The Labute approximate surface area is 222 Å². The van der Waals surface area contributed by atoms with E-state index in [0.717, 1.165) is 59.5 Å². The minimum absolute atomic E-state index is 0.404. The van der Waals surface area contributed by atoms with Crippen molar-refractivity contribution in [2.75, 3.05) is 31.1 Å². The van der Waals surface area contributed by atoms with Crippen molar-refractivity contribution in [2.45, 2.75) is 13.2 Å². The number of fused-ring (bicyclic) bond motifs is 1. The van der Waals surface area contributed by atoms with E-state index in [0.29, 0.717) is 25.0 Å². The molecule has 1 N–H and O–H groups in total. The number of ether oxygens (including phenoxy) is 2. The molecular formula is C31H31N5O2. The molecule has 3 aromatic carbocycles. The summed E-state index contributed by atoms with van der Waals surface area (Å²) in [6.45, 7) is 4.85. The maximum atomic E-state index is 6.29. The summed E-state index contributed by atoms with van der Waals surface area (Å²) in [5.41, 5.74) is 6.14. The molecule has 0 radical (unpaired) electrons. The summed E-state index contributed by atoms with van der Waals surface area (Å²) in [6, 6.07) is 30.7. The van der Waals surface area contributed by atoms with E-state index >= 15 is 0 Å². The molecule has 0 atom stereocenters. The molecule has 0 amide bonds. The van der Waals surface area contributed by atoms with E-state index in [1.807, 2.05) is 84.5 Å². The molecule has 0 aliphatic carbocycles. The van der Waals surface area contributed by atoms with Crippen LogP contribution >= 0.6 is 0 Å². The normalized spacial score (nSPS) is 13.6. The van der Waals surface area contributed by atoms with E-state index in [1.165, 1.54) is 5.69 Å². The van der Waals surface area contributed by atoms with Gasteiger partial charge in [0.05, 0.1) is 11.1 Å². The predicted molar refractivity (Wildman–Crippen MR) is 151 cm³/mol. The quantitative estimate of drug-likeness (QED) is 0.313. The Bertz CT molecular complexity index is 1510. The Morgan fingerprint density at radius 2 is 1.47 bits per heavy atom. The van der Waals surface area contributed by atoms with E-state index in [1.54, 1.807) is 0 Å². The van der Waals surface area contributed by atoms with Gasteiger partial charge in [-0.05, 0) is 35.4 Å². The molecular weight excluding hydrogens is 474 g/mol. The van der Waals surface area contributed by atoms with Gasteiger partial charge >= 0.3 is 0 Å². The van der Waals surface area contributed by atoms with Gasteiger partial charge in [0.25, 0.3) is 0 Å². The number of aromatic nitrogens is 3. The van der Waals surface area contributed by atoms with Gasteiger partial charge in [0, 0.05) is 50.4 Å². The molecule has 192 valence electrons. The van der Waals surface area contributed by atoms with Crippen LogP contribution in [0.25, 0.3) is 22.2 Å². The fourth-order valence-electron chi connectivity index (χ4n) is 4.82. The predicted octanol–water partition coefficient (Wildman–Crippen LogP) is 5.20. The Hall–Kier alpha value is -4.36. The lowest BCUT2D eigenvalue weighted by Crippen LogP contribution is -2.43. The molecule has 1 aliphatic rings. The van der Waals surface area contributed by atoms with Gasteiger partial charge in [0.15, 0.2) is 0 Å². The molecule has 7 nitrogen and oxygen atoms in total. The number of nitrogens with one attached hydrogen (secondary N) is 1. The molecule has 1 saturated heterocycles. The standard InChI is InChI=1S/C31H31N5O2/c1-35-28-20-25(36-18-16-32-17-19-36)12-13-26(28)30(34-35)27-14-15-29(37-21-23-8-4-2-5-9-23)33-31(27)38-22-24-10-6-3-7-11-24/h2-15,20,32H,16-19,21-22H2,1H3. The second-order valence-electron chi connectivity index (χ2n) is 9.46. The molecule has 0 bridgehead atoms. The summed E-state index contributed by atoms with van der Waals surface area (Å²) >= 11 is 0. The topological polar surface area (TPSA) is 64.4 Å². The van der Waals surface area contributed by atoms with E-state index in [-0.39, 0.29) is 0 Å². The van der Waals surface area contributed by atoms with Gasteiger partial charge in [0.1, 0.15) is 18.9 Å². The highest BCUT2D eigenvalue weighted by Crippen LogP contribution is 2.36. The maximum Gasteiger partial charge on any atom is 0.226 e. The third-order valence-corrected chi connectivity index (χ3v) is 6.85. The minimum Gasteiger partial charge on any atom is -0.473 e. The van der Waals surface area contributed by atoms with Crippen molar-refractivity contribution < 1.29 is 9.47 Å². The zero-order chi connectivity index (χ0) is 25.7. The molecule has 7 heteroatoms. The van der Waals surface area contributed by atoms with E-state index in [2.05, 4.69) is 28.4 Å². The highest BCUT2D eigenvalue weighted by atomic mass is 16.5. The molecule has 38 heavy (non-hydrogen) atoms. The van der Waals surface area contributed by atoms with Crippen molar-refractivity contribution in [2.24, 2.45) is 7.05 Å². The second kappa shape index (κ2) is 10.9. The molecule has 6 rings (SSSR count). The van der Waals surface area contributed by atoms with Crippen LogP contribution in [0.5, 0.6) is 11.8 Å². The molecule has 0 spiro atoms. The Balaban J connectivity index is 1.34. The number of piperazine rings is 1. The largest absolute Gasteiger partial charge is 0.473 e. The van der Waals surface area contributed by atoms with Crippen molar-refractivity contribution >= 4 is 16.6 Å². The first-order chi connectivity index (χ1) is 18.7. The van der Waals surface area contributed by atoms with Gasteiger partial charge in [0.2, 0.25) is 11.8 Å². The van der Waals surface area contributed by atoms with Crippen LogP contribution in [-0.2, 0) is 20.3 Å². The summed E-state index contributed by atoms with van der Waals surface area (Å²) in [4.78, 5) is 7.19. The number of anilines is 1. The van der Waals surface area contributed by atoms with E-state index in [4.69, 9.17) is 19.6 Å². The number of hydrogen-bond acceptors (Lipinski definition) is 6. The molecule has 1 aliphatic heterocycles. The van der Waals surface area contributed by atoms with Gasteiger partial charge < -0.3 is 19.7 Å². The molecule has 1 fully saturated rings. The van der Waals surface area contributed by atoms with Crippen LogP contribution in [0.2, 0.25) is 0 Å². The van der Waals surface area contributed by atoms with Crippen LogP contribution < -0.4 is 19.7 Å². The smallest absolute Gasteiger partial charge is 0.226 e. The van der Waals surface area contributed by atoms with E-state index < -0.39 is 0 Å². The lowest BCUT2D eigenvalue weighted by molar-refractivity contribution is 0.268. The summed E-state index contributed by atoms with van der Waals surface area (Å²) in [5, 5.41) is 9.40. The molecule has 2 aromatic heterocycles. The number of hydrogen-bond donors (Lipinski definition) is 1. The first-order valence-corrected chi connectivity index (χ1v) is 13.0.